The van der Waals surface area contributed by atoms with Crippen molar-refractivity contribution < 1.29 is 18.7 Å². The first-order chi connectivity index (χ1) is 9.84. The summed E-state index contributed by atoms with van der Waals surface area (Å²) in [6.45, 7) is 4.70. The fourth-order valence-electron chi connectivity index (χ4n) is 1.75. The van der Waals surface area contributed by atoms with Gasteiger partial charge in [-0.05, 0) is 36.5 Å². The molecule has 118 valence electrons. The molecule has 0 spiro atoms. The van der Waals surface area contributed by atoms with Gasteiger partial charge in [-0.1, -0.05) is 13.8 Å². The van der Waals surface area contributed by atoms with E-state index in [2.05, 4.69) is 5.32 Å². The second-order valence-corrected chi connectivity index (χ2v) is 6.68. The number of aliphatic hydroxyl groups is 1. The van der Waals surface area contributed by atoms with Gasteiger partial charge >= 0.3 is 0 Å². The average Bonchev–Trinajstić information content (AvgIpc) is 2.44. The van der Waals surface area contributed by atoms with Crippen molar-refractivity contribution in [1.29, 1.82) is 0 Å². The third-order valence-corrected chi connectivity index (χ3v) is 4.03. The smallest absolute Gasteiger partial charge is 0.230 e. The van der Waals surface area contributed by atoms with Crippen molar-refractivity contribution >= 4 is 17.7 Å². The Labute approximate surface area is 128 Å². The van der Waals surface area contributed by atoms with Crippen LogP contribution in [0.1, 0.15) is 26.7 Å². The number of hydrogen-bond donors (Lipinski definition) is 2. The van der Waals surface area contributed by atoms with E-state index in [1.165, 1.54) is 6.07 Å². The van der Waals surface area contributed by atoms with Gasteiger partial charge in [0.1, 0.15) is 0 Å². The van der Waals surface area contributed by atoms with Crippen molar-refractivity contribution in [3.63, 3.8) is 0 Å². The molecule has 0 radical (unpaired) electrons. The van der Waals surface area contributed by atoms with Gasteiger partial charge in [0, 0.05) is 18.0 Å². The highest BCUT2D eigenvalue weighted by Gasteiger charge is 2.18. The Bertz CT molecular complexity index is 481. The molecule has 0 unspecified atom stereocenters. The first-order valence-electron chi connectivity index (χ1n) is 6.79. The van der Waals surface area contributed by atoms with Crippen LogP contribution in [0.4, 0.5) is 8.78 Å². The van der Waals surface area contributed by atoms with Crippen LogP contribution in [0.3, 0.4) is 0 Å². The minimum absolute atomic E-state index is 0.0783. The summed E-state index contributed by atoms with van der Waals surface area (Å²) in [7, 11) is 0. The molecule has 0 aromatic heterocycles. The van der Waals surface area contributed by atoms with Crippen LogP contribution in [0.5, 0.6) is 0 Å². The monoisotopic (exact) mass is 317 g/mol. The van der Waals surface area contributed by atoms with E-state index in [9.17, 15) is 13.6 Å². The molecule has 3 nitrogen and oxygen atoms in total. The summed E-state index contributed by atoms with van der Waals surface area (Å²) in [5.74, 6) is -1.80. The van der Waals surface area contributed by atoms with Crippen molar-refractivity contribution in [2.75, 3.05) is 18.9 Å². The number of carbonyl (C=O) groups excluding carboxylic acids is 1. The van der Waals surface area contributed by atoms with E-state index in [0.29, 0.717) is 17.9 Å². The molecule has 21 heavy (non-hydrogen) atoms. The second-order valence-electron chi connectivity index (χ2n) is 5.63. The molecule has 1 aromatic carbocycles. The Balaban J connectivity index is 2.35. The van der Waals surface area contributed by atoms with Crippen LogP contribution < -0.4 is 5.32 Å². The number of halogens is 2. The highest BCUT2D eigenvalue weighted by molar-refractivity contribution is 8.00. The minimum atomic E-state index is -0.912. The summed E-state index contributed by atoms with van der Waals surface area (Å²) in [6.07, 6.45) is 1.52. The molecular formula is C15H21F2NO2S. The SMILES string of the molecule is CC(C)(CCCO)CNC(=O)CSc1ccc(F)c(F)c1. The zero-order chi connectivity index (χ0) is 15.9. The van der Waals surface area contributed by atoms with E-state index in [0.717, 1.165) is 30.3 Å². The molecule has 1 aromatic rings. The van der Waals surface area contributed by atoms with Gasteiger partial charge in [-0.15, -0.1) is 11.8 Å². The summed E-state index contributed by atoms with van der Waals surface area (Å²) in [5.41, 5.74) is -0.0783. The Hall–Kier alpha value is -1.14. The first kappa shape index (κ1) is 17.9. The molecule has 0 aliphatic rings. The van der Waals surface area contributed by atoms with Gasteiger partial charge < -0.3 is 10.4 Å². The van der Waals surface area contributed by atoms with Crippen molar-refractivity contribution in [3.05, 3.63) is 29.8 Å². The quantitative estimate of drug-likeness (QED) is 0.725. The highest BCUT2D eigenvalue weighted by Crippen LogP contribution is 2.22. The number of hydrogen-bond acceptors (Lipinski definition) is 3. The molecule has 0 aliphatic heterocycles. The summed E-state index contributed by atoms with van der Waals surface area (Å²) >= 11 is 1.16. The van der Waals surface area contributed by atoms with Crippen LogP contribution in [-0.2, 0) is 4.79 Å². The lowest BCUT2D eigenvalue weighted by Crippen LogP contribution is -2.35. The van der Waals surface area contributed by atoms with Crippen LogP contribution >= 0.6 is 11.8 Å². The van der Waals surface area contributed by atoms with Crippen LogP contribution in [0.2, 0.25) is 0 Å². The van der Waals surface area contributed by atoms with E-state index < -0.39 is 11.6 Å². The second kappa shape index (κ2) is 8.34. The molecule has 0 bridgehead atoms. The lowest BCUT2D eigenvalue weighted by Gasteiger charge is -2.24. The molecule has 0 aliphatic carbocycles. The average molecular weight is 317 g/mol. The third-order valence-electron chi connectivity index (χ3n) is 3.04. The van der Waals surface area contributed by atoms with Gasteiger partial charge in [0.25, 0.3) is 0 Å². The molecule has 0 heterocycles. The number of aliphatic hydroxyl groups excluding tert-OH is 1. The van der Waals surface area contributed by atoms with Crippen molar-refractivity contribution in [2.24, 2.45) is 5.41 Å². The molecular weight excluding hydrogens is 296 g/mol. The van der Waals surface area contributed by atoms with Gasteiger partial charge in [-0.25, -0.2) is 8.78 Å². The lowest BCUT2D eigenvalue weighted by atomic mass is 9.88. The Morgan fingerprint density at radius 1 is 1.33 bits per heavy atom. The molecule has 0 atom stereocenters. The molecule has 6 heteroatoms. The Kier molecular flexibility index (Phi) is 7.11. The Morgan fingerprint density at radius 2 is 2.05 bits per heavy atom. The van der Waals surface area contributed by atoms with Crippen molar-refractivity contribution in [2.45, 2.75) is 31.6 Å². The standard InChI is InChI=1S/C15H21F2NO2S/c1-15(2,6-3-7-19)10-18-14(20)9-21-11-4-5-12(16)13(17)8-11/h4-5,8,19H,3,6-7,9-10H2,1-2H3,(H,18,20). The van der Waals surface area contributed by atoms with Crippen molar-refractivity contribution in [3.8, 4) is 0 Å². The minimum Gasteiger partial charge on any atom is -0.396 e. The number of amides is 1. The summed E-state index contributed by atoms with van der Waals surface area (Å²) in [5, 5.41) is 11.6. The topological polar surface area (TPSA) is 49.3 Å². The van der Waals surface area contributed by atoms with Crippen LogP contribution in [0.15, 0.2) is 23.1 Å². The van der Waals surface area contributed by atoms with Crippen LogP contribution in [-0.4, -0.2) is 29.9 Å². The molecule has 1 amide bonds. The predicted octanol–water partition coefficient (Wildman–Crippen LogP) is 2.97. The van der Waals surface area contributed by atoms with Crippen LogP contribution in [0, 0.1) is 17.0 Å². The maximum Gasteiger partial charge on any atom is 0.230 e. The van der Waals surface area contributed by atoms with E-state index in [1.54, 1.807) is 0 Å². The number of carbonyl (C=O) groups is 1. The number of nitrogens with one attached hydrogen (secondary N) is 1. The fraction of sp³-hybridized carbons (Fsp3) is 0.533. The van der Waals surface area contributed by atoms with E-state index >= 15 is 0 Å². The highest BCUT2D eigenvalue weighted by atomic mass is 32.2. The summed E-state index contributed by atoms with van der Waals surface area (Å²) < 4.78 is 25.8. The van der Waals surface area contributed by atoms with Crippen molar-refractivity contribution in [1.82, 2.24) is 5.32 Å². The third kappa shape index (κ3) is 6.91. The summed E-state index contributed by atoms with van der Waals surface area (Å²) in [6, 6.07) is 3.58. The van der Waals surface area contributed by atoms with E-state index in [4.69, 9.17) is 5.11 Å². The maximum atomic E-state index is 13.0. The normalized spacial score (nSPS) is 11.5. The molecule has 0 saturated carbocycles. The number of rotatable bonds is 8. The summed E-state index contributed by atoms with van der Waals surface area (Å²) in [4.78, 5) is 12.3. The zero-order valence-corrected chi connectivity index (χ0v) is 13.1. The van der Waals surface area contributed by atoms with Crippen LogP contribution in [0.25, 0.3) is 0 Å². The van der Waals surface area contributed by atoms with Gasteiger partial charge in [-0.2, -0.15) is 0 Å². The predicted molar refractivity (Wildman–Crippen MR) is 80.2 cm³/mol. The van der Waals surface area contributed by atoms with Gasteiger partial charge in [0.15, 0.2) is 11.6 Å². The fourth-order valence-corrected chi connectivity index (χ4v) is 2.50. The number of thioether (sulfide) groups is 1. The van der Waals surface area contributed by atoms with E-state index in [1.807, 2.05) is 13.8 Å². The van der Waals surface area contributed by atoms with Gasteiger partial charge in [-0.3, -0.25) is 4.79 Å². The number of benzene rings is 1. The maximum absolute atomic E-state index is 13.0. The molecule has 1 rings (SSSR count). The van der Waals surface area contributed by atoms with Gasteiger partial charge in [0.05, 0.1) is 5.75 Å². The lowest BCUT2D eigenvalue weighted by molar-refractivity contribution is -0.119. The Morgan fingerprint density at radius 3 is 2.67 bits per heavy atom. The van der Waals surface area contributed by atoms with E-state index in [-0.39, 0.29) is 23.7 Å². The molecule has 0 fully saturated rings. The van der Waals surface area contributed by atoms with Gasteiger partial charge in [0.2, 0.25) is 5.91 Å². The molecule has 0 saturated heterocycles. The molecule has 2 N–H and O–H groups in total. The largest absolute Gasteiger partial charge is 0.396 e. The first-order valence-corrected chi connectivity index (χ1v) is 7.78. The zero-order valence-electron chi connectivity index (χ0n) is 12.3.